The quantitative estimate of drug-likeness (QED) is 0.853. The van der Waals surface area contributed by atoms with E-state index in [0.717, 1.165) is 29.9 Å². The topological polar surface area (TPSA) is 38.7 Å². The van der Waals surface area contributed by atoms with Crippen LogP contribution < -0.4 is 9.47 Å². The molecule has 0 radical (unpaired) electrons. The van der Waals surface area contributed by atoms with Gasteiger partial charge < -0.3 is 14.6 Å². The van der Waals surface area contributed by atoms with Crippen LogP contribution in [0.3, 0.4) is 0 Å². The largest absolute Gasteiger partial charge is 0.493 e. The molecule has 0 heterocycles. The van der Waals surface area contributed by atoms with E-state index in [1.807, 2.05) is 25.1 Å². The molecule has 0 unspecified atom stereocenters. The second-order valence-corrected chi connectivity index (χ2v) is 4.59. The number of aliphatic hydroxyl groups is 1. The average Bonchev–Trinajstić information content (AvgIpc) is 2.30. The maximum atomic E-state index is 9.55. The molecule has 0 saturated heterocycles. The normalized spacial score (nSPS) is 17.4. The summed E-state index contributed by atoms with van der Waals surface area (Å²) in [5, 5.41) is 9.55. The lowest BCUT2D eigenvalue weighted by Crippen LogP contribution is -2.37. The predicted molar refractivity (Wildman–Crippen MR) is 66.8 cm³/mol. The van der Waals surface area contributed by atoms with Crippen molar-refractivity contribution < 1.29 is 14.6 Å². The molecule has 1 fully saturated rings. The molecule has 3 nitrogen and oxygen atoms in total. The Balaban J connectivity index is 2.30. The van der Waals surface area contributed by atoms with Crippen molar-refractivity contribution in [1.82, 2.24) is 0 Å². The summed E-state index contributed by atoms with van der Waals surface area (Å²) in [6, 6.07) is 5.98. The van der Waals surface area contributed by atoms with Crippen LogP contribution >= 0.6 is 0 Å². The van der Waals surface area contributed by atoms with E-state index in [-0.39, 0.29) is 12.0 Å². The van der Waals surface area contributed by atoms with Gasteiger partial charge in [-0.25, -0.2) is 0 Å². The van der Waals surface area contributed by atoms with Gasteiger partial charge in [-0.3, -0.25) is 0 Å². The first-order valence-electron chi connectivity index (χ1n) is 6.18. The number of rotatable bonds is 5. The number of benzene rings is 1. The summed E-state index contributed by atoms with van der Waals surface area (Å²) in [6.07, 6.45) is 3.30. The molecule has 0 amide bonds. The minimum Gasteiger partial charge on any atom is -0.493 e. The van der Waals surface area contributed by atoms with Gasteiger partial charge in [0.1, 0.15) is 0 Å². The summed E-state index contributed by atoms with van der Waals surface area (Å²) < 4.78 is 10.8. The van der Waals surface area contributed by atoms with Crippen molar-refractivity contribution in [2.24, 2.45) is 0 Å². The van der Waals surface area contributed by atoms with Crippen molar-refractivity contribution in [2.75, 3.05) is 20.3 Å². The molecule has 0 bridgehead atoms. The third kappa shape index (κ3) is 2.12. The SMILES string of the molecule is CCOc1ccc(C2(CO)CCC2)cc1OC. The molecule has 1 aromatic carbocycles. The van der Waals surface area contributed by atoms with Gasteiger partial charge in [0.2, 0.25) is 0 Å². The lowest BCUT2D eigenvalue weighted by Gasteiger charge is -2.41. The molecule has 3 heteroatoms. The Morgan fingerprint density at radius 2 is 2.06 bits per heavy atom. The van der Waals surface area contributed by atoms with Crippen LogP contribution in [0.5, 0.6) is 11.5 Å². The fourth-order valence-corrected chi connectivity index (χ4v) is 2.41. The maximum Gasteiger partial charge on any atom is 0.161 e. The van der Waals surface area contributed by atoms with Gasteiger partial charge in [0, 0.05) is 5.41 Å². The van der Waals surface area contributed by atoms with Crippen LogP contribution in [0.15, 0.2) is 18.2 Å². The van der Waals surface area contributed by atoms with Crippen molar-refractivity contribution in [2.45, 2.75) is 31.6 Å². The van der Waals surface area contributed by atoms with Crippen LogP contribution in [0.1, 0.15) is 31.7 Å². The molecule has 1 aromatic rings. The van der Waals surface area contributed by atoms with Gasteiger partial charge in [-0.2, -0.15) is 0 Å². The summed E-state index contributed by atoms with van der Waals surface area (Å²) >= 11 is 0. The smallest absolute Gasteiger partial charge is 0.161 e. The highest BCUT2D eigenvalue weighted by atomic mass is 16.5. The molecule has 1 N–H and O–H groups in total. The first-order chi connectivity index (χ1) is 8.25. The van der Waals surface area contributed by atoms with E-state index in [4.69, 9.17) is 9.47 Å². The second kappa shape index (κ2) is 4.96. The van der Waals surface area contributed by atoms with E-state index >= 15 is 0 Å². The van der Waals surface area contributed by atoms with Crippen LogP contribution in [0, 0.1) is 0 Å². The number of methoxy groups -OCH3 is 1. The summed E-state index contributed by atoms with van der Waals surface area (Å²) in [5.41, 5.74) is 1.12. The van der Waals surface area contributed by atoms with E-state index in [2.05, 4.69) is 0 Å². The van der Waals surface area contributed by atoms with Gasteiger partial charge in [-0.1, -0.05) is 12.5 Å². The highest BCUT2D eigenvalue weighted by molar-refractivity contribution is 5.46. The molecule has 94 valence electrons. The molecule has 1 aliphatic rings. The van der Waals surface area contributed by atoms with E-state index in [9.17, 15) is 5.11 Å². The molecule has 0 aromatic heterocycles. The molecular weight excluding hydrogens is 216 g/mol. The van der Waals surface area contributed by atoms with Crippen LogP contribution in [0.2, 0.25) is 0 Å². The van der Waals surface area contributed by atoms with Gasteiger partial charge in [0.15, 0.2) is 11.5 Å². The fraction of sp³-hybridized carbons (Fsp3) is 0.571. The van der Waals surface area contributed by atoms with Gasteiger partial charge >= 0.3 is 0 Å². The predicted octanol–water partition coefficient (Wildman–Crippen LogP) is 2.51. The molecule has 1 saturated carbocycles. The number of aliphatic hydroxyl groups excluding tert-OH is 1. The summed E-state index contributed by atoms with van der Waals surface area (Å²) in [4.78, 5) is 0. The summed E-state index contributed by atoms with van der Waals surface area (Å²) in [6.45, 7) is 2.79. The van der Waals surface area contributed by atoms with E-state index in [1.54, 1.807) is 7.11 Å². The maximum absolute atomic E-state index is 9.55. The van der Waals surface area contributed by atoms with Crippen LogP contribution in [0.4, 0.5) is 0 Å². The van der Waals surface area contributed by atoms with Gasteiger partial charge in [0.25, 0.3) is 0 Å². The van der Waals surface area contributed by atoms with Gasteiger partial charge in [-0.05, 0) is 37.5 Å². The summed E-state index contributed by atoms with van der Waals surface area (Å²) in [7, 11) is 1.65. The van der Waals surface area contributed by atoms with E-state index in [0.29, 0.717) is 6.61 Å². The number of ether oxygens (including phenoxy) is 2. The van der Waals surface area contributed by atoms with Crippen molar-refractivity contribution in [3.63, 3.8) is 0 Å². The van der Waals surface area contributed by atoms with E-state index in [1.165, 1.54) is 6.42 Å². The Morgan fingerprint density at radius 1 is 1.29 bits per heavy atom. The van der Waals surface area contributed by atoms with Crippen molar-refractivity contribution in [3.8, 4) is 11.5 Å². The zero-order valence-electron chi connectivity index (χ0n) is 10.5. The van der Waals surface area contributed by atoms with Crippen LogP contribution in [-0.4, -0.2) is 25.4 Å². The first kappa shape index (κ1) is 12.2. The Labute approximate surface area is 102 Å². The highest BCUT2D eigenvalue weighted by Crippen LogP contribution is 2.45. The Kier molecular flexibility index (Phi) is 3.57. The molecule has 17 heavy (non-hydrogen) atoms. The number of hydrogen-bond acceptors (Lipinski definition) is 3. The van der Waals surface area contributed by atoms with Gasteiger partial charge in [0.05, 0.1) is 20.3 Å². The molecule has 0 spiro atoms. The second-order valence-electron chi connectivity index (χ2n) is 4.59. The Bertz CT molecular complexity index is 378. The molecule has 0 aliphatic heterocycles. The minimum atomic E-state index is -0.0436. The molecular formula is C14H20O3. The lowest BCUT2D eigenvalue weighted by atomic mass is 9.65. The van der Waals surface area contributed by atoms with E-state index < -0.39 is 0 Å². The Hall–Kier alpha value is -1.22. The standard InChI is InChI=1S/C14H20O3/c1-3-17-12-6-5-11(9-13(12)16-2)14(10-15)7-4-8-14/h5-6,9,15H,3-4,7-8,10H2,1-2H3. The van der Waals surface area contributed by atoms with Crippen molar-refractivity contribution in [1.29, 1.82) is 0 Å². The van der Waals surface area contributed by atoms with Crippen LogP contribution in [-0.2, 0) is 5.41 Å². The average molecular weight is 236 g/mol. The molecule has 2 rings (SSSR count). The van der Waals surface area contributed by atoms with Crippen LogP contribution in [0.25, 0.3) is 0 Å². The fourth-order valence-electron chi connectivity index (χ4n) is 2.41. The minimum absolute atomic E-state index is 0.0436. The zero-order chi connectivity index (χ0) is 12.3. The molecule has 1 aliphatic carbocycles. The summed E-state index contributed by atoms with van der Waals surface area (Å²) in [5.74, 6) is 1.52. The third-order valence-electron chi connectivity index (χ3n) is 3.69. The zero-order valence-corrected chi connectivity index (χ0v) is 10.5. The lowest BCUT2D eigenvalue weighted by molar-refractivity contribution is 0.120. The highest BCUT2D eigenvalue weighted by Gasteiger charge is 2.38. The monoisotopic (exact) mass is 236 g/mol. The van der Waals surface area contributed by atoms with Gasteiger partial charge in [-0.15, -0.1) is 0 Å². The first-order valence-corrected chi connectivity index (χ1v) is 6.18. The third-order valence-corrected chi connectivity index (χ3v) is 3.69. The van der Waals surface area contributed by atoms with Crippen molar-refractivity contribution >= 4 is 0 Å². The van der Waals surface area contributed by atoms with Crippen molar-refractivity contribution in [3.05, 3.63) is 23.8 Å². The number of hydrogen-bond donors (Lipinski definition) is 1. The molecule has 0 atom stereocenters. The Morgan fingerprint density at radius 3 is 2.53 bits per heavy atom.